The van der Waals surface area contributed by atoms with E-state index in [4.69, 9.17) is 0 Å². The van der Waals surface area contributed by atoms with E-state index in [0.29, 0.717) is 23.9 Å². The van der Waals surface area contributed by atoms with Crippen molar-refractivity contribution in [1.29, 1.82) is 0 Å². The molecule has 0 spiro atoms. The Balaban J connectivity index is 1.88. The molecule has 0 bridgehead atoms. The highest BCUT2D eigenvalue weighted by Gasteiger charge is 2.15. The van der Waals surface area contributed by atoms with Crippen LogP contribution in [0.3, 0.4) is 0 Å². The predicted molar refractivity (Wildman–Crippen MR) is 108 cm³/mol. The van der Waals surface area contributed by atoms with E-state index in [1.54, 1.807) is 12.1 Å². The molecule has 2 aromatic carbocycles. The Morgan fingerprint density at radius 2 is 1.74 bits per heavy atom. The minimum absolute atomic E-state index is 0.126. The number of rotatable bonds is 7. The molecule has 1 amide bonds. The van der Waals surface area contributed by atoms with Gasteiger partial charge in [-0.2, -0.15) is 0 Å². The van der Waals surface area contributed by atoms with Gasteiger partial charge in [0.05, 0.1) is 6.04 Å². The maximum Gasteiger partial charge on any atom is 0.270 e. The molecule has 0 saturated carbocycles. The van der Waals surface area contributed by atoms with Gasteiger partial charge in [0.15, 0.2) is 5.82 Å². The number of aromatic nitrogens is 2. The van der Waals surface area contributed by atoms with Crippen LogP contribution in [-0.2, 0) is 0 Å². The van der Waals surface area contributed by atoms with E-state index in [9.17, 15) is 4.79 Å². The number of carbonyl (C=O) groups excluding carboxylic acids is 1. The van der Waals surface area contributed by atoms with Crippen molar-refractivity contribution in [1.82, 2.24) is 15.3 Å². The largest absolute Gasteiger partial charge is 0.366 e. The van der Waals surface area contributed by atoms with Gasteiger partial charge in [0.2, 0.25) is 0 Å². The number of amides is 1. The summed E-state index contributed by atoms with van der Waals surface area (Å²) in [5, 5.41) is 6.13. The fourth-order valence-corrected chi connectivity index (χ4v) is 2.64. The minimum atomic E-state index is -0.243. The van der Waals surface area contributed by atoms with Gasteiger partial charge in [0, 0.05) is 18.2 Å². The number of carbonyl (C=O) groups is 1. The Labute approximate surface area is 159 Å². The van der Waals surface area contributed by atoms with E-state index in [2.05, 4.69) is 27.2 Å². The molecule has 0 aliphatic rings. The molecule has 1 aromatic heterocycles. The van der Waals surface area contributed by atoms with Crippen LogP contribution in [0.5, 0.6) is 0 Å². The van der Waals surface area contributed by atoms with Gasteiger partial charge < -0.3 is 10.6 Å². The second-order valence-corrected chi connectivity index (χ2v) is 6.10. The molecule has 0 fully saturated rings. The first-order valence-corrected chi connectivity index (χ1v) is 8.82. The number of benzene rings is 2. The minimum Gasteiger partial charge on any atom is -0.366 e. The van der Waals surface area contributed by atoms with E-state index in [1.165, 1.54) is 0 Å². The molecule has 0 saturated heterocycles. The van der Waals surface area contributed by atoms with Crippen molar-refractivity contribution in [2.75, 3.05) is 11.9 Å². The first kappa shape index (κ1) is 18.3. The molecule has 1 heterocycles. The molecule has 3 aromatic rings. The van der Waals surface area contributed by atoms with E-state index in [1.807, 2.05) is 67.6 Å². The molecule has 0 aliphatic carbocycles. The van der Waals surface area contributed by atoms with Gasteiger partial charge in [-0.25, -0.2) is 9.97 Å². The van der Waals surface area contributed by atoms with E-state index < -0.39 is 0 Å². The van der Waals surface area contributed by atoms with Crippen LogP contribution in [-0.4, -0.2) is 22.4 Å². The van der Waals surface area contributed by atoms with Crippen LogP contribution in [0.25, 0.3) is 11.4 Å². The zero-order chi connectivity index (χ0) is 19.1. The summed E-state index contributed by atoms with van der Waals surface area (Å²) in [6, 6.07) is 20.9. The first-order valence-electron chi connectivity index (χ1n) is 8.82. The summed E-state index contributed by atoms with van der Waals surface area (Å²) < 4.78 is 0. The molecule has 1 atom stereocenters. The van der Waals surface area contributed by atoms with Crippen molar-refractivity contribution in [2.45, 2.75) is 13.0 Å². The molecule has 5 nitrogen and oxygen atoms in total. The van der Waals surface area contributed by atoms with Crippen LogP contribution >= 0.6 is 0 Å². The van der Waals surface area contributed by atoms with Crippen molar-refractivity contribution in [3.8, 4) is 11.4 Å². The smallest absolute Gasteiger partial charge is 0.270 e. The summed E-state index contributed by atoms with van der Waals surface area (Å²) in [7, 11) is 0. The summed E-state index contributed by atoms with van der Waals surface area (Å²) in [5.74, 6) is 0.844. The number of nitrogens with zero attached hydrogens (tertiary/aromatic N) is 2. The fraction of sp³-hybridized carbons (Fsp3) is 0.136. The van der Waals surface area contributed by atoms with Crippen molar-refractivity contribution >= 4 is 11.7 Å². The Bertz CT molecular complexity index is 910. The summed E-state index contributed by atoms with van der Waals surface area (Å²) in [5.41, 5.74) is 2.20. The molecule has 0 radical (unpaired) electrons. The zero-order valence-corrected chi connectivity index (χ0v) is 15.2. The standard InChI is InChI=1S/C22H22N4O/c1-3-14-23-20-15-19(25-21(26-20)18-12-8-5-9-13-18)22(27)24-16(2)17-10-6-4-7-11-17/h3-13,15-16H,1,14H2,2H3,(H,24,27)(H,23,25,26). The van der Waals surface area contributed by atoms with E-state index in [-0.39, 0.29) is 11.9 Å². The third-order valence-corrected chi connectivity index (χ3v) is 4.07. The van der Waals surface area contributed by atoms with Crippen LogP contribution in [0.4, 0.5) is 5.82 Å². The summed E-state index contributed by atoms with van der Waals surface area (Å²) in [4.78, 5) is 21.8. The quantitative estimate of drug-likeness (QED) is 0.620. The second-order valence-electron chi connectivity index (χ2n) is 6.10. The Kier molecular flexibility index (Phi) is 5.94. The number of hydrogen-bond acceptors (Lipinski definition) is 4. The van der Waals surface area contributed by atoms with Gasteiger partial charge in [-0.3, -0.25) is 4.79 Å². The van der Waals surface area contributed by atoms with E-state index in [0.717, 1.165) is 11.1 Å². The van der Waals surface area contributed by atoms with Crippen molar-refractivity contribution in [3.05, 3.63) is 90.6 Å². The zero-order valence-electron chi connectivity index (χ0n) is 15.2. The molecule has 27 heavy (non-hydrogen) atoms. The lowest BCUT2D eigenvalue weighted by Crippen LogP contribution is -2.27. The number of hydrogen-bond donors (Lipinski definition) is 2. The Morgan fingerprint density at radius 1 is 1.07 bits per heavy atom. The number of anilines is 1. The highest BCUT2D eigenvalue weighted by molar-refractivity contribution is 5.93. The van der Waals surface area contributed by atoms with Gasteiger partial charge >= 0.3 is 0 Å². The predicted octanol–water partition coefficient (Wildman–Crippen LogP) is 4.23. The monoisotopic (exact) mass is 358 g/mol. The lowest BCUT2D eigenvalue weighted by Gasteiger charge is -2.15. The topological polar surface area (TPSA) is 66.9 Å². The van der Waals surface area contributed by atoms with Crippen LogP contribution in [0.1, 0.15) is 29.0 Å². The van der Waals surface area contributed by atoms with Crippen LogP contribution in [0.15, 0.2) is 79.4 Å². The molecule has 136 valence electrons. The van der Waals surface area contributed by atoms with Crippen molar-refractivity contribution in [2.24, 2.45) is 0 Å². The third-order valence-electron chi connectivity index (χ3n) is 4.07. The highest BCUT2D eigenvalue weighted by atomic mass is 16.1. The van der Waals surface area contributed by atoms with Crippen molar-refractivity contribution < 1.29 is 4.79 Å². The summed E-state index contributed by atoms with van der Waals surface area (Å²) in [6.45, 7) is 6.20. The average molecular weight is 358 g/mol. The first-order chi connectivity index (χ1) is 13.2. The maximum absolute atomic E-state index is 12.8. The molecule has 5 heteroatoms. The van der Waals surface area contributed by atoms with Gasteiger partial charge in [-0.1, -0.05) is 66.7 Å². The van der Waals surface area contributed by atoms with Crippen LogP contribution < -0.4 is 10.6 Å². The Morgan fingerprint density at radius 3 is 2.41 bits per heavy atom. The van der Waals surface area contributed by atoms with Gasteiger partial charge in [0.1, 0.15) is 11.5 Å². The van der Waals surface area contributed by atoms with Gasteiger partial charge in [-0.15, -0.1) is 6.58 Å². The maximum atomic E-state index is 12.8. The second kappa shape index (κ2) is 8.76. The molecule has 0 aliphatic heterocycles. The van der Waals surface area contributed by atoms with Crippen LogP contribution in [0.2, 0.25) is 0 Å². The summed E-state index contributed by atoms with van der Waals surface area (Å²) in [6.07, 6.45) is 1.74. The molecular weight excluding hydrogens is 336 g/mol. The third kappa shape index (κ3) is 4.79. The average Bonchev–Trinajstić information content (AvgIpc) is 2.73. The van der Waals surface area contributed by atoms with E-state index >= 15 is 0 Å². The molecule has 3 rings (SSSR count). The van der Waals surface area contributed by atoms with Crippen LogP contribution in [0, 0.1) is 0 Å². The molecular formula is C22H22N4O. The number of nitrogens with one attached hydrogen (secondary N) is 2. The lowest BCUT2D eigenvalue weighted by atomic mass is 10.1. The SMILES string of the molecule is C=CCNc1cc(C(=O)NC(C)c2ccccc2)nc(-c2ccccc2)n1. The molecule has 2 N–H and O–H groups in total. The lowest BCUT2D eigenvalue weighted by molar-refractivity contribution is 0.0935. The molecule has 1 unspecified atom stereocenters. The normalized spacial score (nSPS) is 11.4. The van der Waals surface area contributed by atoms with Gasteiger partial charge in [0.25, 0.3) is 5.91 Å². The fourth-order valence-electron chi connectivity index (χ4n) is 2.64. The Hall–Kier alpha value is -3.47. The highest BCUT2D eigenvalue weighted by Crippen LogP contribution is 2.19. The van der Waals surface area contributed by atoms with Gasteiger partial charge in [-0.05, 0) is 12.5 Å². The summed E-state index contributed by atoms with van der Waals surface area (Å²) >= 11 is 0. The van der Waals surface area contributed by atoms with Crippen molar-refractivity contribution in [3.63, 3.8) is 0 Å².